The molecule has 4 nitrogen and oxygen atoms in total. The molecule has 0 bridgehead atoms. The Hall–Kier alpha value is -3.14. The van der Waals surface area contributed by atoms with E-state index in [1.54, 1.807) is 6.20 Å². The number of carbonyl (C=O) groups is 1. The highest BCUT2D eigenvalue weighted by Crippen LogP contribution is 2.47. The summed E-state index contributed by atoms with van der Waals surface area (Å²) in [6.45, 7) is 2.74. The van der Waals surface area contributed by atoms with E-state index in [-0.39, 0.29) is 17.8 Å². The Morgan fingerprint density at radius 1 is 1.04 bits per heavy atom. The number of rotatable bonds is 7. The van der Waals surface area contributed by atoms with Crippen LogP contribution in [0, 0.1) is 5.92 Å². The molecule has 0 aliphatic heterocycles. The van der Waals surface area contributed by atoms with Crippen molar-refractivity contribution in [2.75, 3.05) is 6.61 Å². The van der Waals surface area contributed by atoms with Crippen molar-refractivity contribution >= 4 is 5.97 Å². The van der Waals surface area contributed by atoms with E-state index >= 15 is 0 Å². The first-order chi connectivity index (χ1) is 13.7. The predicted octanol–water partition coefficient (Wildman–Crippen LogP) is 4.99. The summed E-state index contributed by atoms with van der Waals surface area (Å²) in [5.41, 5.74) is 4.40. The summed E-state index contributed by atoms with van der Waals surface area (Å²) in [5.74, 6) is 0.741. The predicted molar refractivity (Wildman–Crippen MR) is 108 cm³/mol. The highest BCUT2D eigenvalue weighted by molar-refractivity contribution is 5.77. The van der Waals surface area contributed by atoms with Crippen LogP contribution in [0.2, 0.25) is 0 Å². The lowest BCUT2D eigenvalue weighted by Crippen LogP contribution is -2.07. The summed E-state index contributed by atoms with van der Waals surface area (Å²) >= 11 is 0. The summed E-state index contributed by atoms with van der Waals surface area (Å²) in [7, 11) is 0. The molecule has 2 aromatic carbocycles. The minimum absolute atomic E-state index is 0.0417. The molecule has 0 saturated heterocycles. The quantitative estimate of drug-likeness (QED) is 0.547. The molecule has 4 heteroatoms. The minimum atomic E-state index is -0.118. The summed E-state index contributed by atoms with van der Waals surface area (Å²) in [6, 6.07) is 22.5. The molecule has 4 rings (SSSR count). The Morgan fingerprint density at radius 3 is 2.61 bits per heavy atom. The van der Waals surface area contributed by atoms with Gasteiger partial charge in [-0.25, -0.2) is 0 Å². The fraction of sp³-hybridized carbons (Fsp3) is 0.250. The van der Waals surface area contributed by atoms with E-state index in [1.165, 1.54) is 11.1 Å². The van der Waals surface area contributed by atoms with Crippen molar-refractivity contribution in [2.45, 2.75) is 25.9 Å². The number of hydrogen-bond acceptors (Lipinski definition) is 4. The Balaban J connectivity index is 1.35. The third-order valence-corrected chi connectivity index (χ3v) is 4.96. The van der Waals surface area contributed by atoms with Gasteiger partial charge in [0.25, 0.3) is 0 Å². The number of benzene rings is 2. The molecule has 0 radical (unpaired) electrons. The van der Waals surface area contributed by atoms with Crippen LogP contribution in [-0.4, -0.2) is 17.6 Å². The number of hydrogen-bond donors (Lipinski definition) is 0. The molecule has 1 fully saturated rings. The van der Waals surface area contributed by atoms with Gasteiger partial charge in [0.05, 0.1) is 18.7 Å². The molecule has 3 aromatic rings. The van der Waals surface area contributed by atoms with E-state index in [0.717, 1.165) is 23.4 Å². The standard InChI is InChI=1S/C24H23NO3/c1-2-27-24(26)22-14-21(22)23-12-11-20(15-25-23)28-16-17-7-6-10-19(13-17)18-8-4-3-5-9-18/h3-13,15,21-22H,2,14,16H2,1H3. The van der Waals surface area contributed by atoms with Crippen LogP contribution in [-0.2, 0) is 16.1 Å². The Labute approximate surface area is 165 Å². The minimum Gasteiger partial charge on any atom is -0.487 e. The zero-order valence-corrected chi connectivity index (χ0v) is 15.9. The third kappa shape index (κ3) is 4.22. The largest absolute Gasteiger partial charge is 0.487 e. The van der Waals surface area contributed by atoms with Gasteiger partial charge < -0.3 is 9.47 Å². The van der Waals surface area contributed by atoms with Gasteiger partial charge in [0.15, 0.2) is 0 Å². The lowest BCUT2D eigenvalue weighted by atomic mass is 10.0. The summed E-state index contributed by atoms with van der Waals surface area (Å²) in [5, 5.41) is 0. The Bertz CT molecular complexity index is 938. The van der Waals surface area contributed by atoms with Crippen LogP contribution < -0.4 is 4.74 Å². The summed E-state index contributed by atoms with van der Waals surface area (Å²) in [6.07, 6.45) is 2.55. The van der Waals surface area contributed by atoms with Gasteiger partial charge in [0.2, 0.25) is 0 Å². The van der Waals surface area contributed by atoms with Crippen LogP contribution in [0.25, 0.3) is 11.1 Å². The molecular weight excluding hydrogens is 350 g/mol. The SMILES string of the molecule is CCOC(=O)C1CC1c1ccc(OCc2cccc(-c3ccccc3)c2)cn1. The maximum absolute atomic E-state index is 11.8. The highest BCUT2D eigenvalue weighted by atomic mass is 16.5. The monoisotopic (exact) mass is 373 g/mol. The van der Waals surface area contributed by atoms with Crippen LogP contribution in [0.3, 0.4) is 0 Å². The maximum atomic E-state index is 11.8. The number of nitrogens with zero attached hydrogens (tertiary/aromatic N) is 1. The smallest absolute Gasteiger partial charge is 0.309 e. The first-order valence-corrected chi connectivity index (χ1v) is 9.64. The van der Waals surface area contributed by atoms with Gasteiger partial charge in [-0.1, -0.05) is 48.5 Å². The number of ether oxygens (including phenoxy) is 2. The zero-order valence-electron chi connectivity index (χ0n) is 15.9. The average molecular weight is 373 g/mol. The Kier molecular flexibility index (Phi) is 5.38. The van der Waals surface area contributed by atoms with E-state index in [9.17, 15) is 4.79 Å². The fourth-order valence-electron chi connectivity index (χ4n) is 3.37. The molecule has 2 atom stereocenters. The Morgan fingerprint density at radius 2 is 1.86 bits per heavy atom. The molecule has 1 aliphatic carbocycles. The van der Waals surface area contributed by atoms with Gasteiger partial charge in [-0.3, -0.25) is 9.78 Å². The zero-order chi connectivity index (χ0) is 19.3. The second-order valence-corrected chi connectivity index (χ2v) is 6.97. The normalized spacial score (nSPS) is 17.8. The van der Waals surface area contributed by atoms with E-state index in [1.807, 2.05) is 43.3 Å². The number of esters is 1. The number of aromatic nitrogens is 1. The molecule has 1 aliphatic rings. The fourth-order valence-corrected chi connectivity index (χ4v) is 3.37. The molecule has 0 N–H and O–H groups in total. The van der Waals surface area contributed by atoms with Crippen molar-refractivity contribution in [1.82, 2.24) is 4.98 Å². The molecular formula is C24H23NO3. The lowest BCUT2D eigenvalue weighted by Gasteiger charge is -2.09. The number of carbonyl (C=O) groups excluding carboxylic acids is 1. The van der Waals surface area contributed by atoms with E-state index in [0.29, 0.717) is 13.2 Å². The molecule has 0 spiro atoms. The molecule has 1 saturated carbocycles. The van der Waals surface area contributed by atoms with Crippen molar-refractivity contribution in [1.29, 1.82) is 0 Å². The molecule has 2 unspecified atom stereocenters. The van der Waals surface area contributed by atoms with Crippen molar-refractivity contribution in [3.8, 4) is 16.9 Å². The van der Waals surface area contributed by atoms with Crippen LogP contribution >= 0.6 is 0 Å². The first kappa shape index (κ1) is 18.2. The van der Waals surface area contributed by atoms with E-state index in [2.05, 4.69) is 35.3 Å². The molecule has 0 amide bonds. The molecule has 1 aromatic heterocycles. The van der Waals surface area contributed by atoms with Crippen LogP contribution in [0.5, 0.6) is 5.75 Å². The van der Waals surface area contributed by atoms with Crippen LogP contribution in [0.15, 0.2) is 72.9 Å². The van der Waals surface area contributed by atoms with Crippen molar-refractivity contribution < 1.29 is 14.3 Å². The van der Waals surface area contributed by atoms with Crippen LogP contribution in [0.1, 0.15) is 30.5 Å². The summed E-state index contributed by atoms with van der Waals surface area (Å²) in [4.78, 5) is 16.2. The first-order valence-electron chi connectivity index (χ1n) is 9.64. The van der Waals surface area contributed by atoms with Gasteiger partial charge in [0, 0.05) is 11.6 Å². The maximum Gasteiger partial charge on any atom is 0.309 e. The van der Waals surface area contributed by atoms with E-state index < -0.39 is 0 Å². The van der Waals surface area contributed by atoms with Crippen molar-refractivity contribution in [3.63, 3.8) is 0 Å². The molecule has 28 heavy (non-hydrogen) atoms. The van der Waals surface area contributed by atoms with Gasteiger partial charge in [0.1, 0.15) is 12.4 Å². The van der Waals surface area contributed by atoms with Gasteiger partial charge in [-0.05, 0) is 48.2 Å². The lowest BCUT2D eigenvalue weighted by molar-refractivity contribution is -0.144. The van der Waals surface area contributed by atoms with E-state index in [4.69, 9.17) is 9.47 Å². The average Bonchev–Trinajstić information content (AvgIpc) is 3.55. The van der Waals surface area contributed by atoms with Gasteiger partial charge in [-0.2, -0.15) is 0 Å². The second kappa shape index (κ2) is 8.26. The molecule has 1 heterocycles. The second-order valence-electron chi connectivity index (χ2n) is 6.97. The highest BCUT2D eigenvalue weighted by Gasteiger charge is 2.46. The van der Waals surface area contributed by atoms with Crippen molar-refractivity contribution in [2.24, 2.45) is 5.92 Å². The van der Waals surface area contributed by atoms with Crippen LogP contribution in [0.4, 0.5) is 0 Å². The van der Waals surface area contributed by atoms with Gasteiger partial charge >= 0.3 is 5.97 Å². The molecule has 142 valence electrons. The number of pyridine rings is 1. The van der Waals surface area contributed by atoms with Crippen molar-refractivity contribution in [3.05, 3.63) is 84.2 Å². The topological polar surface area (TPSA) is 48.4 Å². The van der Waals surface area contributed by atoms with Gasteiger partial charge in [-0.15, -0.1) is 0 Å². The third-order valence-electron chi connectivity index (χ3n) is 4.96. The summed E-state index contributed by atoms with van der Waals surface area (Å²) < 4.78 is 11.0.